The highest BCUT2D eigenvalue weighted by atomic mass is 16.5. The van der Waals surface area contributed by atoms with Gasteiger partial charge in [0.05, 0.1) is 24.5 Å². The lowest BCUT2D eigenvalue weighted by molar-refractivity contribution is -0.145. The molecule has 2 heterocycles. The maximum Gasteiger partial charge on any atom is 0.237 e. The molecule has 0 saturated carbocycles. The number of carbonyl (C=O) groups is 4. The molecule has 2 amide bonds. The van der Waals surface area contributed by atoms with Crippen molar-refractivity contribution in [3.63, 3.8) is 0 Å². The van der Waals surface area contributed by atoms with Gasteiger partial charge in [-0.3, -0.25) is 24.1 Å². The summed E-state index contributed by atoms with van der Waals surface area (Å²) in [6, 6.07) is 24.7. The van der Waals surface area contributed by atoms with Gasteiger partial charge in [-0.05, 0) is 11.1 Å². The van der Waals surface area contributed by atoms with Crippen molar-refractivity contribution in [3.05, 3.63) is 107 Å². The summed E-state index contributed by atoms with van der Waals surface area (Å²) in [5.74, 6) is -4.20. The fourth-order valence-corrected chi connectivity index (χ4v) is 5.44. The maximum absolute atomic E-state index is 13.7. The molecule has 33 heavy (non-hydrogen) atoms. The fourth-order valence-electron chi connectivity index (χ4n) is 5.44. The van der Waals surface area contributed by atoms with Crippen LogP contribution >= 0.6 is 0 Å². The smallest absolute Gasteiger partial charge is 0.237 e. The zero-order chi connectivity index (χ0) is 22.7. The molecule has 3 atom stereocenters. The molecule has 0 aromatic heterocycles. The number of carbonyl (C=O) groups excluding carboxylic acids is 4. The van der Waals surface area contributed by atoms with Gasteiger partial charge >= 0.3 is 0 Å². The minimum atomic E-state index is -2.02. The Morgan fingerprint density at radius 2 is 1.24 bits per heavy atom. The first-order chi connectivity index (χ1) is 16.0. The van der Waals surface area contributed by atoms with Crippen molar-refractivity contribution in [2.24, 2.45) is 11.8 Å². The Bertz CT molecular complexity index is 1280. The van der Waals surface area contributed by atoms with Gasteiger partial charge in [0.2, 0.25) is 29.0 Å². The lowest BCUT2D eigenvalue weighted by Crippen LogP contribution is -2.50. The molecule has 6 rings (SSSR count). The predicted octanol–water partition coefficient (Wildman–Crippen LogP) is 3.38. The molecule has 2 saturated heterocycles. The highest BCUT2D eigenvalue weighted by Gasteiger charge is 2.74. The van der Waals surface area contributed by atoms with Crippen molar-refractivity contribution in [1.82, 2.24) is 4.90 Å². The van der Waals surface area contributed by atoms with Crippen LogP contribution in [0.3, 0.4) is 0 Å². The van der Waals surface area contributed by atoms with E-state index in [2.05, 4.69) is 0 Å². The second-order valence-corrected chi connectivity index (χ2v) is 8.64. The van der Waals surface area contributed by atoms with Crippen LogP contribution in [0.1, 0.15) is 37.9 Å². The third-order valence-corrected chi connectivity index (χ3v) is 6.92. The number of Topliss-reactive ketones (excluding diaryl/α,β-unsaturated/α-hetero) is 2. The molecule has 3 aromatic rings. The van der Waals surface area contributed by atoms with Crippen LogP contribution in [0.5, 0.6) is 0 Å². The lowest BCUT2D eigenvalue weighted by atomic mass is 9.77. The zero-order valence-electron chi connectivity index (χ0n) is 17.5. The monoisotopic (exact) mass is 437 g/mol. The second-order valence-electron chi connectivity index (χ2n) is 8.64. The van der Waals surface area contributed by atoms with Gasteiger partial charge in [0.25, 0.3) is 0 Å². The third kappa shape index (κ3) is 2.58. The van der Waals surface area contributed by atoms with E-state index >= 15 is 0 Å². The summed E-state index contributed by atoms with van der Waals surface area (Å²) in [6.07, 6.45) is -0.879. The number of likely N-dealkylation sites (tertiary alicyclic amines) is 1. The fraction of sp³-hybridized carbons (Fsp3) is 0.185. The first-order valence-electron chi connectivity index (χ1n) is 10.8. The first kappa shape index (κ1) is 19.8. The molecule has 1 spiro atoms. The normalized spacial score (nSPS) is 25.1. The van der Waals surface area contributed by atoms with Crippen molar-refractivity contribution in [3.8, 4) is 0 Å². The summed E-state index contributed by atoms with van der Waals surface area (Å²) in [5, 5.41) is 0. The summed E-state index contributed by atoms with van der Waals surface area (Å²) in [5.41, 5.74) is -0.109. The van der Waals surface area contributed by atoms with E-state index in [1.165, 1.54) is 4.90 Å². The molecule has 6 heteroatoms. The number of rotatable bonds is 3. The Morgan fingerprint density at radius 3 is 1.85 bits per heavy atom. The predicted molar refractivity (Wildman–Crippen MR) is 117 cm³/mol. The molecule has 3 aromatic carbocycles. The number of amides is 2. The number of ether oxygens (including phenoxy) is 1. The number of fused-ring (bicyclic) bond motifs is 3. The van der Waals surface area contributed by atoms with Gasteiger partial charge in [-0.15, -0.1) is 0 Å². The van der Waals surface area contributed by atoms with Crippen LogP contribution in [0.2, 0.25) is 0 Å². The lowest BCUT2D eigenvalue weighted by Gasteiger charge is -2.27. The number of benzene rings is 3. The van der Waals surface area contributed by atoms with Crippen LogP contribution in [0.4, 0.5) is 0 Å². The number of ketones is 2. The van der Waals surface area contributed by atoms with Gasteiger partial charge in [-0.25, -0.2) is 0 Å². The van der Waals surface area contributed by atoms with Crippen LogP contribution in [-0.4, -0.2) is 33.9 Å². The summed E-state index contributed by atoms with van der Waals surface area (Å²) < 4.78 is 6.24. The zero-order valence-corrected chi connectivity index (χ0v) is 17.5. The third-order valence-electron chi connectivity index (χ3n) is 6.92. The minimum Gasteiger partial charge on any atom is -0.349 e. The molecule has 2 aliphatic heterocycles. The maximum atomic E-state index is 13.7. The molecular weight excluding hydrogens is 418 g/mol. The number of nitrogens with zero attached hydrogens (tertiary/aromatic N) is 1. The van der Waals surface area contributed by atoms with Gasteiger partial charge in [0, 0.05) is 11.1 Å². The van der Waals surface area contributed by atoms with E-state index in [0.717, 1.165) is 5.56 Å². The van der Waals surface area contributed by atoms with E-state index in [9.17, 15) is 19.2 Å². The summed E-state index contributed by atoms with van der Waals surface area (Å²) in [6.45, 7) is 0.0818. The van der Waals surface area contributed by atoms with Gasteiger partial charge in [0.1, 0.15) is 0 Å². The van der Waals surface area contributed by atoms with E-state index in [4.69, 9.17) is 4.74 Å². The van der Waals surface area contributed by atoms with Crippen molar-refractivity contribution in [2.45, 2.75) is 18.2 Å². The Balaban J connectivity index is 1.50. The molecule has 6 nitrogen and oxygen atoms in total. The topological polar surface area (TPSA) is 80.8 Å². The summed E-state index contributed by atoms with van der Waals surface area (Å²) in [4.78, 5) is 55.8. The Morgan fingerprint density at radius 1 is 0.697 bits per heavy atom. The molecule has 162 valence electrons. The number of hydrogen-bond acceptors (Lipinski definition) is 5. The number of imide groups is 1. The molecule has 2 fully saturated rings. The Hall–Kier alpha value is -3.90. The molecule has 0 unspecified atom stereocenters. The Labute approximate surface area is 189 Å². The van der Waals surface area contributed by atoms with E-state index in [-0.39, 0.29) is 17.7 Å². The van der Waals surface area contributed by atoms with E-state index in [1.54, 1.807) is 48.5 Å². The average molecular weight is 437 g/mol. The van der Waals surface area contributed by atoms with E-state index < -0.39 is 46.9 Å². The van der Waals surface area contributed by atoms with E-state index in [1.807, 2.05) is 36.4 Å². The van der Waals surface area contributed by atoms with Crippen LogP contribution in [-0.2, 0) is 20.9 Å². The SMILES string of the molecule is O=C1[C@@H]2[C@@H](C(=O)N1Cc1ccccc1)C1(O[C@H]2c2ccccc2)C(=O)c2ccccc2C1=O. The summed E-state index contributed by atoms with van der Waals surface area (Å²) in [7, 11) is 0. The van der Waals surface area contributed by atoms with Crippen LogP contribution < -0.4 is 0 Å². The minimum absolute atomic E-state index is 0.0818. The summed E-state index contributed by atoms with van der Waals surface area (Å²) >= 11 is 0. The highest BCUT2D eigenvalue weighted by molar-refractivity contribution is 6.35. The number of hydrogen-bond donors (Lipinski definition) is 0. The molecule has 0 bridgehead atoms. The van der Waals surface area contributed by atoms with E-state index in [0.29, 0.717) is 5.56 Å². The highest BCUT2D eigenvalue weighted by Crippen LogP contribution is 2.57. The van der Waals surface area contributed by atoms with Gasteiger partial charge in [-0.2, -0.15) is 0 Å². The molecule has 0 N–H and O–H groups in total. The Kier molecular flexibility index (Phi) is 4.22. The molecule has 1 aliphatic carbocycles. The van der Waals surface area contributed by atoms with Crippen LogP contribution in [0, 0.1) is 11.8 Å². The molecule has 0 radical (unpaired) electrons. The van der Waals surface area contributed by atoms with Crippen molar-refractivity contribution >= 4 is 23.4 Å². The van der Waals surface area contributed by atoms with Gasteiger partial charge < -0.3 is 4.74 Å². The quantitative estimate of drug-likeness (QED) is 0.464. The van der Waals surface area contributed by atoms with Crippen molar-refractivity contribution < 1.29 is 23.9 Å². The van der Waals surface area contributed by atoms with Gasteiger partial charge in [-0.1, -0.05) is 84.9 Å². The molecule has 3 aliphatic rings. The van der Waals surface area contributed by atoms with Crippen LogP contribution in [0.15, 0.2) is 84.9 Å². The van der Waals surface area contributed by atoms with Crippen molar-refractivity contribution in [2.75, 3.05) is 0 Å². The van der Waals surface area contributed by atoms with Gasteiger partial charge in [0.15, 0.2) is 0 Å². The average Bonchev–Trinajstić information content (AvgIpc) is 3.42. The van der Waals surface area contributed by atoms with Crippen molar-refractivity contribution in [1.29, 1.82) is 0 Å². The van der Waals surface area contributed by atoms with Crippen LogP contribution in [0.25, 0.3) is 0 Å². The largest absolute Gasteiger partial charge is 0.349 e. The molecular formula is C27H19NO5. The first-order valence-corrected chi connectivity index (χ1v) is 10.8. The standard InChI is InChI=1S/C27H19NO5/c29-23-18-13-7-8-14-19(18)24(30)27(23)21-20(22(33-27)17-11-5-2-6-12-17)25(31)28(26(21)32)15-16-9-3-1-4-10-16/h1-14,20-22H,15H2/t20-,21+,22+/m1/s1. The second kappa shape index (κ2) is 7.05.